The Morgan fingerprint density at radius 1 is 1.31 bits per heavy atom. The number of benzene rings is 1. The van der Waals surface area contributed by atoms with E-state index in [0.29, 0.717) is 11.5 Å². The molecular weight excluding hydrogens is 396 g/mol. The number of rotatable bonds is 4. The van der Waals surface area contributed by atoms with Crippen LogP contribution in [0.25, 0.3) is 11.3 Å². The molecule has 1 saturated heterocycles. The Kier molecular flexibility index (Phi) is 4.63. The van der Waals surface area contributed by atoms with Crippen LogP contribution >= 0.6 is 15.9 Å². The van der Waals surface area contributed by atoms with Gasteiger partial charge in [-0.1, -0.05) is 33.2 Å². The summed E-state index contributed by atoms with van der Waals surface area (Å²) < 4.78 is 8.35. The molecule has 0 radical (unpaired) electrons. The molecule has 1 amide bonds. The van der Waals surface area contributed by atoms with Gasteiger partial charge in [-0.3, -0.25) is 9.48 Å². The highest BCUT2D eigenvalue weighted by atomic mass is 79.9. The van der Waals surface area contributed by atoms with Crippen molar-refractivity contribution < 1.29 is 9.32 Å². The van der Waals surface area contributed by atoms with Crippen LogP contribution in [0.2, 0.25) is 0 Å². The maximum atomic E-state index is 13.0. The second-order valence-electron chi connectivity index (χ2n) is 6.31. The lowest BCUT2D eigenvalue weighted by Gasteiger charge is -2.24. The Morgan fingerprint density at radius 2 is 2.12 bits per heavy atom. The SMILES string of the molecule is CCn1nccc1[C@H]1CCCN1C(=O)c1cc(-c2ccc(Br)cc2)on1. The lowest BCUT2D eigenvalue weighted by molar-refractivity contribution is 0.0719. The Bertz CT molecular complexity index is 916. The van der Waals surface area contributed by atoms with Gasteiger partial charge in [-0.2, -0.15) is 5.10 Å². The highest BCUT2D eigenvalue weighted by Gasteiger charge is 2.33. The number of amides is 1. The average molecular weight is 415 g/mol. The van der Waals surface area contributed by atoms with Crippen molar-refractivity contribution >= 4 is 21.8 Å². The molecule has 0 aliphatic carbocycles. The standard InChI is InChI=1S/C19H19BrN4O2/c1-2-24-17(9-10-21-24)16-4-3-11-23(16)19(25)15-12-18(26-22-15)13-5-7-14(20)8-6-13/h5-10,12,16H,2-4,11H2,1H3/t16-/m1/s1. The molecule has 1 aliphatic heterocycles. The van der Waals surface area contributed by atoms with Gasteiger partial charge in [-0.25, -0.2) is 0 Å². The number of carbonyl (C=O) groups is 1. The monoisotopic (exact) mass is 414 g/mol. The molecule has 3 heterocycles. The second-order valence-corrected chi connectivity index (χ2v) is 7.23. The zero-order chi connectivity index (χ0) is 18.1. The summed E-state index contributed by atoms with van der Waals surface area (Å²) in [6.07, 6.45) is 3.71. The summed E-state index contributed by atoms with van der Waals surface area (Å²) in [4.78, 5) is 14.9. The smallest absolute Gasteiger partial charge is 0.276 e. The minimum atomic E-state index is -0.0940. The zero-order valence-electron chi connectivity index (χ0n) is 14.4. The van der Waals surface area contributed by atoms with Gasteiger partial charge in [0.2, 0.25) is 0 Å². The lowest BCUT2D eigenvalue weighted by Crippen LogP contribution is -2.32. The molecule has 0 spiro atoms. The zero-order valence-corrected chi connectivity index (χ0v) is 16.0. The summed E-state index contributed by atoms with van der Waals surface area (Å²) in [7, 11) is 0. The van der Waals surface area contributed by atoms with Crippen LogP contribution in [0.3, 0.4) is 0 Å². The molecule has 1 atom stereocenters. The Labute approximate surface area is 159 Å². The highest BCUT2D eigenvalue weighted by Crippen LogP contribution is 2.33. The maximum Gasteiger partial charge on any atom is 0.276 e. The van der Waals surface area contributed by atoms with Crippen molar-refractivity contribution in [3.63, 3.8) is 0 Å². The van der Waals surface area contributed by atoms with E-state index in [-0.39, 0.29) is 11.9 Å². The molecule has 0 saturated carbocycles. The van der Waals surface area contributed by atoms with Crippen LogP contribution in [0.4, 0.5) is 0 Å². The number of aromatic nitrogens is 3. The average Bonchev–Trinajstić information content (AvgIpc) is 3.40. The maximum absolute atomic E-state index is 13.0. The van der Waals surface area contributed by atoms with E-state index < -0.39 is 0 Å². The van der Waals surface area contributed by atoms with Crippen LogP contribution in [-0.2, 0) is 6.54 Å². The first kappa shape index (κ1) is 17.0. The van der Waals surface area contributed by atoms with Gasteiger partial charge in [0.25, 0.3) is 5.91 Å². The first-order valence-corrected chi connectivity index (χ1v) is 9.52. The van der Waals surface area contributed by atoms with Crippen LogP contribution in [0.1, 0.15) is 42.0 Å². The number of hydrogen-bond acceptors (Lipinski definition) is 4. The minimum absolute atomic E-state index is 0.0396. The number of aryl methyl sites for hydroxylation is 1. The fraction of sp³-hybridized carbons (Fsp3) is 0.316. The van der Waals surface area contributed by atoms with Crippen molar-refractivity contribution in [1.82, 2.24) is 19.8 Å². The molecule has 2 aromatic heterocycles. The molecule has 7 heteroatoms. The molecule has 1 aliphatic rings. The molecule has 4 rings (SSSR count). The Balaban J connectivity index is 1.58. The van der Waals surface area contributed by atoms with Crippen molar-refractivity contribution in [2.45, 2.75) is 32.4 Å². The summed E-state index contributed by atoms with van der Waals surface area (Å²) in [6, 6.07) is 11.5. The van der Waals surface area contributed by atoms with Crippen molar-refractivity contribution in [2.75, 3.05) is 6.54 Å². The van der Waals surface area contributed by atoms with Crippen molar-refractivity contribution in [3.8, 4) is 11.3 Å². The van der Waals surface area contributed by atoms with E-state index in [4.69, 9.17) is 4.52 Å². The minimum Gasteiger partial charge on any atom is -0.355 e. The van der Waals surface area contributed by atoms with E-state index in [0.717, 1.165) is 41.7 Å². The van der Waals surface area contributed by atoms with Crippen LogP contribution in [-0.4, -0.2) is 32.3 Å². The molecule has 1 fully saturated rings. The molecule has 1 aromatic carbocycles. The van der Waals surface area contributed by atoms with Crippen molar-refractivity contribution in [1.29, 1.82) is 0 Å². The van der Waals surface area contributed by atoms with Crippen LogP contribution in [0.5, 0.6) is 0 Å². The summed E-state index contributed by atoms with van der Waals surface area (Å²) in [5, 5.41) is 8.35. The Hall–Kier alpha value is -2.41. The number of carbonyl (C=O) groups excluding carboxylic acids is 1. The van der Waals surface area contributed by atoms with Gasteiger partial charge in [-0.15, -0.1) is 0 Å². The third-order valence-electron chi connectivity index (χ3n) is 4.76. The first-order valence-electron chi connectivity index (χ1n) is 8.72. The van der Waals surface area contributed by atoms with Gasteiger partial charge < -0.3 is 9.42 Å². The topological polar surface area (TPSA) is 64.2 Å². The molecule has 0 bridgehead atoms. The quantitative estimate of drug-likeness (QED) is 0.638. The van der Waals surface area contributed by atoms with Gasteiger partial charge in [0.05, 0.1) is 11.7 Å². The van der Waals surface area contributed by atoms with Gasteiger partial charge in [-0.05, 0) is 38.0 Å². The van der Waals surface area contributed by atoms with E-state index in [1.807, 2.05) is 39.9 Å². The number of nitrogens with zero attached hydrogens (tertiary/aromatic N) is 4. The normalized spacial score (nSPS) is 17.0. The predicted molar refractivity (Wildman–Crippen MR) is 101 cm³/mol. The Morgan fingerprint density at radius 3 is 2.88 bits per heavy atom. The van der Waals surface area contributed by atoms with E-state index >= 15 is 0 Å². The molecule has 3 aromatic rings. The highest BCUT2D eigenvalue weighted by molar-refractivity contribution is 9.10. The van der Waals surface area contributed by atoms with Gasteiger partial charge in [0, 0.05) is 35.4 Å². The summed E-state index contributed by atoms with van der Waals surface area (Å²) in [5.74, 6) is 0.499. The third kappa shape index (κ3) is 3.07. The molecule has 6 nitrogen and oxygen atoms in total. The summed E-state index contributed by atoms with van der Waals surface area (Å²) in [5.41, 5.74) is 2.31. The van der Waals surface area contributed by atoms with Crippen LogP contribution < -0.4 is 0 Å². The molecule has 0 unspecified atom stereocenters. The largest absolute Gasteiger partial charge is 0.355 e. The molecular formula is C19H19BrN4O2. The summed E-state index contributed by atoms with van der Waals surface area (Å²) in [6.45, 7) is 3.57. The number of hydrogen-bond donors (Lipinski definition) is 0. The molecule has 0 N–H and O–H groups in total. The first-order chi connectivity index (χ1) is 12.7. The van der Waals surface area contributed by atoms with Gasteiger partial charge in [0.1, 0.15) is 0 Å². The second kappa shape index (κ2) is 7.07. The van der Waals surface area contributed by atoms with Gasteiger partial charge >= 0.3 is 0 Å². The van der Waals surface area contributed by atoms with E-state index in [1.165, 1.54) is 0 Å². The van der Waals surface area contributed by atoms with Crippen molar-refractivity contribution in [3.05, 3.63) is 58.5 Å². The van der Waals surface area contributed by atoms with E-state index in [1.54, 1.807) is 12.3 Å². The predicted octanol–water partition coefficient (Wildman–Crippen LogP) is 4.30. The van der Waals surface area contributed by atoms with Gasteiger partial charge in [0.15, 0.2) is 11.5 Å². The van der Waals surface area contributed by atoms with E-state index in [2.05, 4.69) is 33.1 Å². The fourth-order valence-corrected chi connectivity index (χ4v) is 3.75. The number of likely N-dealkylation sites (tertiary alicyclic amines) is 1. The van der Waals surface area contributed by atoms with Crippen LogP contribution in [0, 0.1) is 0 Å². The third-order valence-corrected chi connectivity index (χ3v) is 5.29. The van der Waals surface area contributed by atoms with E-state index in [9.17, 15) is 4.79 Å². The van der Waals surface area contributed by atoms with Crippen LogP contribution in [0.15, 0.2) is 51.6 Å². The molecule has 134 valence electrons. The molecule has 26 heavy (non-hydrogen) atoms. The lowest BCUT2D eigenvalue weighted by atomic mass is 10.1. The summed E-state index contributed by atoms with van der Waals surface area (Å²) >= 11 is 3.41. The number of halogens is 1. The van der Waals surface area contributed by atoms with Crippen molar-refractivity contribution in [2.24, 2.45) is 0 Å². The fourth-order valence-electron chi connectivity index (χ4n) is 3.48.